The van der Waals surface area contributed by atoms with Crippen molar-refractivity contribution in [2.24, 2.45) is 4.99 Å². The van der Waals surface area contributed by atoms with Gasteiger partial charge in [0.1, 0.15) is 0 Å². The average molecular weight is 354 g/mol. The van der Waals surface area contributed by atoms with E-state index in [1.165, 1.54) is 0 Å². The van der Waals surface area contributed by atoms with E-state index in [1.54, 1.807) is 20.3 Å². The van der Waals surface area contributed by atoms with Crippen molar-refractivity contribution in [1.82, 2.24) is 0 Å². The monoisotopic (exact) mass is 353 g/mol. The fraction of sp³-hybridized carbons (Fsp3) is 0.562. The molecule has 21 heavy (non-hydrogen) atoms. The van der Waals surface area contributed by atoms with Crippen LogP contribution in [0.2, 0.25) is 0 Å². The van der Waals surface area contributed by atoms with E-state index < -0.39 is 5.54 Å². The van der Waals surface area contributed by atoms with E-state index in [0.29, 0.717) is 11.5 Å². The van der Waals surface area contributed by atoms with Crippen LogP contribution in [0.3, 0.4) is 0 Å². The Kier molecular flexibility index (Phi) is 5.07. The highest BCUT2D eigenvalue weighted by atomic mass is 79.9. The molecule has 1 aliphatic rings. The molecule has 2 rings (SSSR count). The lowest BCUT2D eigenvalue weighted by Crippen LogP contribution is -2.21. The molecule has 0 spiro atoms. The third kappa shape index (κ3) is 2.72. The quantitative estimate of drug-likeness (QED) is 0.590. The van der Waals surface area contributed by atoms with Crippen LogP contribution >= 0.6 is 15.9 Å². The van der Waals surface area contributed by atoms with E-state index in [9.17, 15) is 4.79 Å². The number of halogens is 1. The van der Waals surface area contributed by atoms with Crippen LogP contribution in [0.4, 0.5) is 0 Å². The first-order valence-corrected chi connectivity index (χ1v) is 7.95. The summed E-state index contributed by atoms with van der Waals surface area (Å²) >= 11 is 3.62. The first-order valence-electron chi connectivity index (χ1n) is 7.16. The highest BCUT2D eigenvalue weighted by molar-refractivity contribution is 9.10. The van der Waals surface area contributed by atoms with Crippen LogP contribution in [0.15, 0.2) is 15.5 Å². The van der Waals surface area contributed by atoms with Crippen LogP contribution in [0.1, 0.15) is 43.7 Å². The highest BCUT2D eigenvalue weighted by Crippen LogP contribution is 2.49. The van der Waals surface area contributed by atoms with Crippen LogP contribution in [0.25, 0.3) is 0 Å². The van der Waals surface area contributed by atoms with E-state index in [1.807, 2.05) is 6.07 Å². The van der Waals surface area contributed by atoms with E-state index in [2.05, 4.69) is 27.8 Å². The number of rotatable bonds is 5. The lowest BCUT2D eigenvalue weighted by Gasteiger charge is -2.28. The summed E-state index contributed by atoms with van der Waals surface area (Å²) in [5, 5.41) is 0. The number of hydrogen-bond acceptors (Lipinski definition) is 4. The fourth-order valence-corrected chi connectivity index (χ4v) is 4.09. The number of benzene rings is 1. The summed E-state index contributed by atoms with van der Waals surface area (Å²) in [5.41, 5.74) is 1.71. The van der Waals surface area contributed by atoms with E-state index >= 15 is 0 Å². The van der Waals surface area contributed by atoms with Crippen LogP contribution in [-0.4, -0.2) is 20.3 Å². The van der Waals surface area contributed by atoms with Gasteiger partial charge in [-0.25, -0.2) is 4.79 Å². The lowest BCUT2D eigenvalue weighted by atomic mass is 9.84. The van der Waals surface area contributed by atoms with Crippen molar-refractivity contribution in [3.8, 4) is 11.5 Å². The smallest absolute Gasteiger partial charge is 0.235 e. The molecule has 4 nitrogen and oxygen atoms in total. The summed E-state index contributed by atoms with van der Waals surface area (Å²) < 4.78 is 11.8. The van der Waals surface area contributed by atoms with Crippen LogP contribution in [0, 0.1) is 0 Å². The van der Waals surface area contributed by atoms with E-state index in [-0.39, 0.29) is 0 Å². The Morgan fingerprint density at radius 3 is 2.48 bits per heavy atom. The summed E-state index contributed by atoms with van der Waals surface area (Å²) in [7, 11) is 3.24. The molecule has 0 unspecified atom stereocenters. The largest absolute Gasteiger partial charge is 0.493 e. The van der Waals surface area contributed by atoms with Gasteiger partial charge in [0.05, 0.1) is 24.2 Å². The molecule has 1 aliphatic carbocycles. The number of methoxy groups -OCH3 is 2. The zero-order valence-corrected chi connectivity index (χ0v) is 14.2. The van der Waals surface area contributed by atoms with Crippen molar-refractivity contribution >= 4 is 22.0 Å². The molecule has 1 fully saturated rings. The summed E-state index contributed by atoms with van der Waals surface area (Å²) in [5.74, 6) is 1.34. The molecule has 1 saturated carbocycles. The SMILES string of the molecule is CCc1c(C2(N=C=O)CCCC2)cc(OC)c(OC)c1Br. The molecule has 0 bridgehead atoms. The lowest BCUT2D eigenvalue weighted by molar-refractivity contribution is 0.349. The van der Waals surface area contributed by atoms with Gasteiger partial charge in [-0.2, -0.15) is 4.99 Å². The molecule has 0 radical (unpaired) electrons. The third-order valence-electron chi connectivity index (χ3n) is 4.26. The van der Waals surface area contributed by atoms with Gasteiger partial charge in [0.2, 0.25) is 6.08 Å². The van der Waals surface area contributed by atoms with Gasteiger partial charge in [-0.15, -0.1) is 0 Å². The third-order valence-corrected chi connectivity index (χ3v) is 5.10. The second-order valence-electron chi connectivity index (χ2n) is 5.25. The van der Waals surface area contributed by atoms with Gasteiger partial charge in [0.25, 0.3) is 0 Å². The zero-order chi connectivity index (χ0) is 15.5. The van der Waals surface area contributed by atoms with Crippen molar-refractivity contribution in [1.29, 1.82) is 0 Å². The van der Waals surface area contributed by atoms with Crippen LogP contribution in [0.5, 0.6) is 11.5 Å². The minimum Gasteiger partial charge on any atom is -0.493 e. The van der Waals surface area contributed by atoms with Gasteiger partial charge < -0.3 is 9.47 Å². The minimum absolute atomic E-state index is 0.463. The second kappa shape index (κ2) is 6.63. The Morgan fingerprint density at radius 1 is 1.33 bits per heavy atom. The molecule has 0 aromatic heterocycles. The maximum Gasteiger partial charge on any atom is 0.235 e. The average Bonchev–Trinajstić information content (AvgIpc) is 2.96. The van der Waals surface area contributed by atoms with Gasteiger partial charge in [-0.3, -0.25) is 0 Å². The van der Waals surface area contributed by atoms with Crippen molar-refractivity contribution < 1.29 is 14.3 Å². The van der Waals surface area contributed by atoms with E-state index in [4.69, 9.17) is 9.47 Å². The van der Waals surface area contributed by atoms with Gasteiger partial charge in [0, 0.05) is 0 Å². The van der Waals surface area contributed by atoms with Gasteiger partial charge in [0.15, 0.2) is 11.5 Å². The Balaban J connectivity index is 2.72. The van der Waals surface area contributed by atoms with Gasteiger partial charge in [-0.05, 0) is 52.4 Å². The highest BCUT2D eigenvalue weighted by Gasteiger charge is 2.39. The number of nitrogens with zero attached hydrogens (tertiary/aromatic N) is 1. The molecule has 114 valence electrons. The number of carbonyl (C=O) groups excluding carboxylic acids is 1. The molecule has 1 aromatic rings. The molecule has 0 heterocycles. The normalized spacial score (nSPS) is 16.4. The molecule has 5 heteroatoms. The Labute approximate surface area is 133 Å². The Bertz CT molecular complexity index is 573. The van der Waals surface area contributed by atoms with Gasteiger partial charge in [-0.1, -0.05) is 19.8 Å². The van der Waals surface area contributed by atoms with Crippen LogP contribution in [-0.2, 0) is 16.8 Å². The van der Waals surface area contributed by atoms with Crippen molar-refractivity contribution in [2.45, 2.75) is 44.6 Å². The zero-order valence-electron chi connectivity index (χ0n) is 12.7. The number of hydrogen-bond donors (Lipinski definition) is 0. The Hall–Kier alpha value is -1.32. The molecule has 0 atom stereocenters. The molecule has 1 aromatic carbocycles. The summed E-state index contributed by atoms with van der Waals surface area (Å²) in [6, 6.07) is 1.97. The van der Waals surface area contributed by atoms with Crippen LogP contribution < -0.4 is 9.47 Å². The number of isocyanates is 1. The summed E-state index contributed by atoms with van der Waals surface area (Å²) in [6.07, 6.45) is 6.48. The standard InChI is InChI=1S/C16H20BrNO3/c1-4-11-12(16(18-10-19)7-5-6-8-16)9-13(20-2)15(21-3)14(11)17/h9H,4-8H2,1-3H3. The Morgan fingerprint density at radius 2 is 2.00 bits per heavy atom. The molecule has 0 aliphatic heterocycles. The van der Waals surface area contributed by atoms with Crippen molar-refractivity contribution in [3.05, 3.63) is 21.7 Å². The predicted octanol–water partition coefficient (Wildman–Crippen LogP) is 4.13. The molecular formula is C16H20BrNO3. The first-order chi connectivity index (χ1) is 10.1. The number of aliphatic imine (C=N–C) groups is 1. The van der Waals surface area contributed by atoms with Crippen molar-refractivity contribution in [2.75, 3.05) is 14.2 Å². The molecule has 0 amide bonds. The van der Waals surface area contributed by atoms with Crippen molar-refractivity contribution in [3.63, 3.8) is 0 Å². The van der Waals surface area contributed by atoms with Gasteiger partial charge >= 0.3 is 0 Å². The molecule has 0 N–H and O–H groups in total. The topological polar surface area (TPSA) is 47.9 Å². The number of ether oxygens (including phenoxy) is 2. The first kappa shape index (κ1) is 16.1. The summed E-state index contributed by atoms with van der Waals surface area (Å²) in [4.78, 5) is 15.1. The molecular weight excluding hydrogens is 334 g/mol. The maximum atomic E-state index is 10.9. The fourth-order valence-electron chi connectivity index (χ4n) is 3.24. The molecule has 0 saturated heterocycles. The predicted molar refractivity (Wildman–Crippen MR) is 84.9 cm³/mol. The minimum atomic E-state index is -0.463. The maximum absolute atomic E-state index is 10.9. The second-order valence-corrected chi connectivity index (χ2v) is 6.04. The summed E-state index contributed by atoms with van der Waals surface area (Å²) in [6.45, 7) is 2.09. The van der Waals surface area contributed by atoms with E-state index in [0.717, 1.165) is 47.7 Å².